The average Bonchev–Trinajstić information content (AvgIpc) is 3.37. The quantitative estimate of drug-likeness (QED) is 0.279. The Hall–Kier alpha value is -2.32. The Morgan fingerprint density at radius 1 is 1.10 bits per heavy atom. The number of anilines is 1. The Morgan fingerprint density at radius 3 is 2.68 bits per heavy atom. The molecule has 0 atom stereocenters. The first kappa shape index (κ1) is 21.9. The predicted molar refractivity (Wildman–Crippen MR) is 129 cm³/mol. The van der Waals surface area contributed by atoms with Gasteiger partial charge in [0.25, 0.3) is 5.91 Å². The number of thiophene rings is 1. The Bertz CT molecular complexity index is 1210. The van der Waals surface area contributed by atoms with Gasteiger partial charge in [0.1, 0.15) is 12.4 Å². The molecule has 0 aliphatic heterocycles. The van der Waals surface area contributed by atoms with Gasteiger partial charge in [-0.1, -0.05) is 47.5 Å². The highest BCUT2D eigenvalue weighted by atomic mass is 79.9. The third-order valence-corrected chi connectivity index (χ3v) is 6.60. The molecule has 0 radical (unpaired) electrons. The van der Waals surface area contributed by atoms with E-state index in [1.165, 1.54) is 11.3 Å². The van der Waals surface area contributed by atoms with E-state index in [9.17, 15) is 4.79 Å². The molecule has 0 saturated heterocycles. The van der Waals surface area contributed by atoms with Crippen LogP contribution in [-0.4, -0.2) is 15.7 Å². The third kappa shape index (κ3) is 5.68. The van der Waals surface area contributed by atoms with Crippen molar-refractivity contribution in [2.45, 2.75) is 13.2 Å². The summed E-state index contributed by atoms with van der Waals surface area (Å²) in [6.07, 6.45) is 1.80. The molecule has 0 unspecified atom stereocenters. The molecule has 31 heavy (non-hydrogen) atoms. The molecule has 0 saturated carbocycles. The number of amides is 1. The molecule has 0 aliphatic rings. The Kier molecular flexibility index (Phi) is 6.97. The molecule has 1 N–H and O–H groups in total. The van der Waals surface area contributed by atoms with Crippen molar-refractivity contribution in [2.75, 3.05) is 5.32 Å². The number of aromatic nitrogens is 2. The summed E-state index contributed by atoms with van der Waals surface area (Å²) in [6, 6.07) is 16.8. The van der Waals surface area contributed by atoms with Gasteiger partial charge in [-0.15, -0.1) is 11.3 Å². The SMILES string of the molecule is O=C(Nc1nn(Cc2ccc(Cl)c(Cl)c2)cc1Br)c1cc(COc2ccccc2)cs1. The van der Waals surface area contributed by atoms with Crippen LogP contribution in [0.15, 0.2) is 70.6 Å². The average molecular weight is 537 g/mol. The van der Waals surface area contributed by atoms with Gasteiger partial charge in [0.2, 0.25) is 0 Å². The van der Waals surface area contributed by atoms with E-state index in [-0.39, 0.29) is 5.91 Å². The van der Waals surface area contributed by atoms with E-state index >= 15 is 0 Å². The highest BCUT2D eigenvalue weighted by molar-refractivity contribution is 9.10. The molecule has 0 spiro atoms. The van der Waals surface area contributed by atoms with Crippen LogP contribution in [0.4, 0.5) is 5.82 Å². The number of nitrogens with one attached hydrogen (secondary N) is 1. The van der Waals surface area contributed by atoms with Crippen molar-refractivity contribution in [1.29, 1.82) is 0 Å². The third-order valence-electron chi connectivity index (χ3n) is 4.30. The first-order valence-electron chi connectivity index (χ1n) is 9.21. The molecule has 0 aliphatic carbocycles. The van der Waals surface area contributed by atoms with Gasteiger partial charge in [-0.05, 0) is 57.2 Å². The second-order valence-corrected chi connectivity index (χ2v) is 9.23. The van der Waals surface area contributed by atoms with Crippen molar-refractivity contribution in [2.24, 2.45) is 0 Å². The van der Waals surface area contributed by atoms with E-state index in [0.29, 0.717) is 38.4 Å². The molecular formula is C22H16BrCl2N3O2S. The molecule has 1 amide bonds. The molecule has 2 aromatic heterocycles. The number of nitrogens with zero attached hydrogens (tertiary/aromatic N) is 2. The molecule has 158 valence electrons. The Balaban J connectivity index is 1.38. The minimum Gasteiger partial charge on any atom is -0.489 e. The lowest BCUT2D eigenvalue weighted by Gasteiger charge is -2.04. The maximum Gasteiger partial charge on any atom is 0.266 e. The summed E-state index contributed by atoms with van der Waals surface area (Å²) in [6.45, 7) is 0.890. The van der Waals surface area contributed by atoms with Gasteiger partial charge in [-0.25, -0.2) is 0 Å². The fourth-order valence-corrected chi connectivity index (χ4v) is 4.34. The minimum absolute atomic E-state index is 0.226. The van der Waals surface area contributed by atoms with Crippen LogP contribution in [0, 0.1) is 0 Å². The van der Waals surface area contributed by atoms with Crippen molar-refractivity contribution >= 4 is 62.2 Å². The lowest BCUT2D eigenvalue weighted by atomic mass is 10.2. The van der Waals surface area contributed by atoms with Gasteiger partial charge >= 0.3 is 0 Å². The van der Waals surface area contributed by atoms with Gasteiger partial charge in [0.15, 0.2) is 5.82 Å². The van der Waals surface area contributed by atoms with E-state index in [0.717, 1.165) is 16.9 Å². The molecular weight excluding hydrogens is 521 g/mol. The monoisotopic (exact) mass is 535 g/mol. The number of halogens is 3. The number of ether oxygens (including phenoxy) is 1. The standard InChI is InChI=1S/C22H16BrCl2N3O2S/c23-17-11-28(10-14-6-7-18(24)19(25)8-14)27-21(17)26-22(29)20-9-15(13-31-20)12-30-16-4-2-1-3-5-16/h1-9,11,13H,10,12H2,(H,26,27,29). The normalized spacial score (nSPS) is 10.8. The maximum absolute atomic E-state index is 12.7. The van der Waals surface area contributed by atoms with Crippen molar-refractivity contribution in [3.8, 4) is 5.75 Å². The van der Waals surface area contributed by atoms with Gasteiger partial charge in [0.05, 0.1) is 25.9 Å². The predicted octanol–water partition coefficient (Wildman–Crippen LogP) is 6.89. The molecule has 0 bridgehead atoms. The van der Waals surface area contributed by atoms with Crippen LogP contribution in [0.1, 0.15) is 20.8 Å². The fraction of sp³-hybridized carbons (Fsp3) is 0.0909. The largest absolute Gasteiger partial charge is 0.489 e. The van der Waals surface area contributed by atoms with Gasteiger partial charge < -0.3 is 10.1 Å². The molecule has 4 aromatic rings. The topological polar surface area (TPSA) is 56.2 Å². The molecule has 4 rings (SSSR count). The van der Waals surface area contributed by atoms with Crippen LogP contribution in [0.5, 0.6) is 5.75 Å². The van der Waals surface area contributed by atoms with Crippen LogP contribution in [0.2, 0.25) is 10.0 Å². The van der Waals surface area contributed by atoms with Crippen LogP contribution >= 0.6 is 50.5 Å². The maximum atomic E-state index is 12.7. The van der Waals surface area contributed by atoms with E-state index < -0.39 is 0 Å². The first-order chi connectivity index (χ1) is 15.0. The van der Waals surface area contributed by atoms with Crippen molar-refractivity contribution in [1.82, 2.24) is 9.78 Å². The number of carbonyl (C=O) groups is 1. The molecule has 5 nitrogen and oxygen atoms in total. The van der Waals surface area contributed by atoms with Crippen LogP contribution in [0.3, 0.4) is 0 Å². The molecule has 2 heterocycles. The molecule has 9 heteroatoms. The van der Waals surface area contributed by atoms with Gasteiger partial charge in [-0.2, -0.15) is 5.10 Å². The van der Waals surface area contributed by atoms with Gasteiger partial charge in [-0.3, -0.25) is 9.48 Å². The summed E-state index contributed by atoms with van der Waals surface area (Å²) in [4.78, 5) is 13.2. The smallest absolute Gasteiger partial charge is 0.266 e. The summed E-state index contributed by atoms with van der Waals surface area (Å²) in [7, 11) is 0. The van der Waals surface area contributed by atoms with Crippen molar-refractivity contribution < 1.29 is 9.53 Å². The number of rotatable bonds is 7. The number of hydrogen-bond acceptors (Lipinski definition) is 4. The number of hydrogen-bond donors (Lipinski definition) is 1. The lowest BCUT2D eigenvalue weighted by molar-refractivity contribution is 0.103. The number of para-hydroxylation sites is 1. The van der Waals surface area contributed by atoms with E-state index in [1.807, 2.05) is 47.8 Å². The summed E-state index contributed by atoms with van der Waals surface area (Å²) in [5, 5.41) is 10.2. The minimum atomic E-state index is -0.226. The summed E-state index contributed by atoms with van der Waals surface area (Å²) < 4.78 is 8.13. The highest BCUT2D eigenvalue weighted by Crippen LogP contribution is 2.26. The lowest BCUT2D eigenvalue weighted by Crippen LogP contribution is -2.11. The zero-order chi connectivity index (χ0) is 21.8. The summed E-state index contributed by atoms with van der Waals surface area (Å²) in [5.41, 5.74) is 1.88. The second-order valence-electron chi connectivity index (χ2n) is 6.65. The van der Waals surface area contributed by atoms with Crippen molar-refractivity contribution in [3.63, 3.8) is 0 Å². The van der Waals surface area contributed by atoms with Crippen LogP contribution < -0.4 is 10.1 Å². The first-order valence-corrected chi connectivity index (χ1v) is 11.6. The van der Waals surface area contributed by atoms with E-state index in [2.05, 4.69) is 26.3 Å². The fourth-order valence-electron chi connectivity index (χ4n) is 2.81. The molecule has 0 fully saturated rings. The second kappa shape index (κ2) is 9.87. The molecule has 2 aromatic carbocycles. The Labute approximate surface area is 201 Å². The van der Waals surface area contributed by atoms with Crippen molar-refractivity contribution in [3.05, 3.63) is 96.7 Å². The zero-order valence-corrected chi connectivity index (χ0v) is 19.9. The number of benzene rings is 2. The van der Waals surface area contributed by atoms with Crippen LogP contribution in [0.25, 0.3) is 0 Å². The van der Waals surface area contributed by atoms with E-state index in [1.54, 1.807) is 23.0 Å². The van der Waals surface area contributed by atoms with Gasteiger partial charge in [0, 0.05) is 11.8 Å². The summed E-state index contributed by atoms with van der Waals surface area (Å²) in [5.74, 6) is 1.01. The van der Waals surface area contributed by atoms with E-state index in [4.69, 9.17) is 27.9 Å². The number of carbonyl (C=O) groups excluding carboxylic acids is 1. The zero-order valence-electron chi connectivity index (χ0n) is 16.0. The highest BCUT2D eigenvalue weighted by Gasteiger charge is 2.15. The van der Waals surface area contributed by atoms with Crippen LogP contribution in [-0.2, 0) is 13.2 Å². The Morgan fingerprint density at radius 2 is 1.90 bits per heavy atom. The summed E-state index contributed by atoms with van der Waals surface area (Å²) >= 11 is 16.9.